The number of hydrogen-bond acceptors (Lipinski definition) is 3. The summed E-state index contributed by atoms with van der Waals surface area (Å²) >= 11 is 5.98. The number of methoxy groups -OCH3 is 1. The Kier molecular flexibility index (Phi) is 3.62. The number of fused-ring (bicyclic) bond motifs is 1. The molecule has 0 saturated carbocycles. The van der Waals surface area contributed by atoms with Crippen LogP contribution in [0.4, 0.5) is 0 Å². The maximum atomic E-state index is 13.0. The highest BCUT2D eigenvalue weighted by atomic mass is 35.5. The Balaban J connectivity index is 1.92. The molecule has 1 amide bonds. The largest absolute Gasteiger partial charge is 0.496 e. The molecule has 0 radical (unpaired) electrons. The number of nitrogens with one attached hydrogen (secondary N) is 1. The van der Waals surface area contributed by atoms with Crippen molar-refractivity contribution in [3.8, 4) is 5.75 Å². The van der Waals surface area contributed by atoms with Crippen molar-refractivity contribution in [2.45, 2.75) is 19.4 Å². The summed E-state index contributed by atoms with van der Waals surface area (Å²) in [6.45, 7) is 7.10. The van der Waals surface area contributed by atoms with Crippen LogP contribution >= 0.6 is 11.6 Å². The predicted molar refractivity (Wildman–Crippen MR) is 83.0 cm³/mol. The molecule has 4 nitrogen and oxygen atoms in total. The van der Waals surface area contributed by atoms with Crippen molar-refractivity contribution in [3.05, 3.63) is 28.8 Å². The highest BCUT2D eigenvalue weighted by Crippen LogP contribution is 2.42. The molecule has 0 aliphatic carbocycles. The quantitative estimate of drug-likeness (QED) is 0.912. The molecule has 2 atom stereocenters. The van der Waals surface area contributed by atoms with E-state index in [1.807, 2.05) is 4.90 Å². The number of halogens is 1. The molecule has 0 spiro atoms. The molecule has 1 aromatic carbocycles. The molecule has 2 aliphatic rings. The minimum atomic E-state index is -0.143. The maximum absolute atomic E-state index is 13.0. The Morgan fingerprint density at radius 1 is 1.43 bits per heavy atom. The monoisotopic (exact) mass is 308 g/mol. The van der Waals surface area contributed by atoms with Crippen LogP contribution in [0.25, 0.3) is 0 Å². The van der Waals surface area contributed by atoms with Crippen molar-refractivity contribution in [1.29, 1.82) is 0 Å². The van der Waals surface area contributed by atoms with E-state index < -0.39 is 0 Å². The van der Waals surface area contributed by atoms with Crippen LogP contribution in [0.1, 0.15) is 24.2 Å². The van der Waals surface area contributed by atoms with Gasteiger partial charge in [0.05, 0.1) is 12.7 Å². The molecule has 2 heterocycles. The van der Waals surface area contributed by atoms with Crippen LogP contribution in [-0.4, -0.2) is 43.1 Å². The van der Waals surface area contributed by atoms with Gasteiger partial charge in [0.2, 0.25) is 0 Å². The first-order chi connectivity index (χ1) is 9.95. The third-order valence-electron chi connectivity index (χ3n) is 5.00. The predicted octanol–water partition coefficient (Wildman–Crippen LogP) is 2.42. The van der Waals surface area contributed by atoms with Gasteiger partial charge in [-0.05, 0) is 43.9 Å². The number of amides is 1. The van der Waals surface area contributed by atoms with Gasteiger partial charge in [0.1, 0.15) is 5.75 Å². The number of hydrogen-bond donors (Lipinski definition) is 1. The lowest BCUT2D eigenvalue weighted by Gasteiger charge is -2.36. The summed E-state index contributed by atoms with van der Waals surface area (Å²) in [5.74, 6) is 1.63. The van der Waals surface area contributed by atoms with Crippen molar-refractivity contribution < 1.29 is 9.53 Å². The Morgan fingerprint density at radius 2 is 2.19 bits per heavy atom. The van der Waals surface area contributed by atoms with Gasteiger partial charge < -0.3 is 15.0 Å². The van der Waals surface area contributed by atoms with E-state index in [4.69, 9.17) is 16.3 Å². The molecule has 114 valence electrons. The summed E-state index contributed by atoms with van der Waals surface area (Å²) in [4.78, 5) is 15.0. The second-order valence-corrected chi connectivity index (χ2v) is 6.88. The molecule has 1 N–H and O–H groups in total. The van der Waals surface area contributed by atoms with Gasteiger partial charge in [-0.15, -0.1) is 0 Å². The molecule has 2 fully saturated rings. The summed E-state index contributed by atoms with van der Waals surface area (Å²) in [6.07, 6.45) is 0. The van der Waals surface area contributed by atoms with Crippen molar-refractivity contribution in [2.24, 2.45) is 11.8 Å². The first-order valence-electron chi connectivity index (χ1n) is 7.31. The number of nitrogens with zero attached hydrogens (tertiary/aromatic N) is 1. The van der Waals surface area contributed by atoms with Crippen molar-refractivity contribution >= 4 is 17.5 Å². The molecule has 1 aromatic rings. The molecule has 2 aliphatic heterocycles. The van der Waals surface area contributed by atoms with Gasteiger partial charge in [-0.25, -0.2) is 0 Å². The van der Waals surface area contributed by atoms with Gasteiger partial charge in [-0.1, -0.05) is 11.6 Å². The van der Waals surface area contributed by atoms with E-state index in [0.717, 1.165) is 19.6 Å². The number of ether oxygens (including phenoxy) is 1. The molecule has 21 heavy (non-hydrogen) atoms. The average Bonchev–Trinajstić information content (AvgIpc) is 3.00. The summed E-state index contributed by atoms with van der Waals surface area (Å²) in [7, 11) is 1.57. The lowest BCUT2D eigenvalue weighted by atomic mass is 9.84. The van der Waals surface area contributed by atoms with E-state index in [0.29, 0.717) is 28.2 Å². The Labute approximate surface area is 130 Å². The summed E-state index contributed by atoms with van der Waals surface area (Å²) in [5, 5.41) is 4.00. The first kappa shape index (κ1) is 14.7. The van der Waals surface area contributed by atoms with Crippen molar-refractivity contribution in [2.75, 3.05) is 26.7 Å². The normalized spacial score (nSPS) is 26.8. The van der Waals surface area contributed by atoms with E-state index in [9.17, 15) is 4.79 Å². The number of carbonyl (C=O) groups is 1. The molecule has 2 unspecified atom stereocenters. The summed E-state index contributed by atoms with van der Waals surface area (Å²) in [6, 6.07) is 5.19. The van der Waals surface area contributed by atoms with Gasteiger partial charge in [0, 0.05) is 30.2 Å². The molecule has 0 aromatic heterocycles. The summed E-state index contributed by atoms with van der Waals surface area (Å²) < 4.78 is 5.32. The number of likely N-dealkylation sites (tertiary alicyclic amines) is 1. The van der Waals surface area contributed by atoms with Crippen molar-refractivity contribution in [1.82, 2.24) is 10.2 Å². The molecule has 2 saturated heterocycles. The van der Waals surface area contributed by atoms with Crippen LogP contribution in [0.2, 0.25) is 5.02 Å². The molecule has 0 bridgehead atoms. The Morgan fingerprint density at radius 3 is 2.86 bits per heavy atom. The molecular weight excluding hydrogens is 288 g/mol. The Hall–Kier alpha value is -1.26. The van der Waals surface area contributed by atoms with Crippen LogP contribution in [0, 0.1) is 11.8 Å². The zero-order valence-corrected chi connectivity index (χ0v) is 13.4. The average molecular weight is 309 g/mol. The van der Waals surface area contributed by atoms with Crippen LogP contribution < -0.4 is 10.1 Å². The lowest BCUT2D eigenvalue weighted by molar-refractivity contribution is 0.0600. The lowest BCUT2D eigenvalue weighted by Crippen LogP contribution is -2.47. The maximum Gasteiger partial charge on any atom is 0.258 e. The number of benzene rings is 1. The van der Waals surface area contributed by atoms with E-state index in [1.165, 1.54) is 0 Å². The second kappa shape index (κ2) is 5.18. The topological polar surface area (TPSA) is 41.6 Å². The van der Waals surface area contributed by atoms with Crippen LogP contribution in [0.3, 0.4) is 0 Å². The SMILES string of the molecule is COc1cc(Cl)ccc1C(=O)N1CC2CNCC2C1(C)C. The highest BCUT2D eigenvalue weighted by molar-refractivity contribution is 6.30. The smallest absolute Gasteiger partial charge is 0.258 e. The van der Waals surface area contributed by atoms with E-state index in [-0.39, 0.29) is 11.4 Å². The number of carbonyl (C=O) groups excluding carboxylic acids is 1. The Bertz CT molecular complexity index is 573. The number of rotatable bonds is 2. The van der Waals surface area contributed by atoms with E-state index >= 15 is 0 Å². The van der Waals surface area contributed by atoms with Crippen LogP contribution in [-0.2, 0) is 0 Å². The van der Waals surface area contributed by atoms with Gasteiger partial charge in [0.25, 0.3) is 5.91 Å². The minimum absolute atomic E-state index is 0.0305. The fourth-order valence-corrected chi connectivity index (χ4v) is 3.92. The van der Waals surface area contributed by atoms with Gasteiger partial charge in [-0.3, -0.25) is 4.79 Å². The highest BCUT2D eigenvalue weighted by Gasteiger charge is 2.51. The van der Waals surface area contributed by atoms with Crippen LogP contribution in [0.5, 0.6) is 5.75 Å². The van der Waals surface area contributed by atoms with Crippen LogP contribution in [0.15, 0.2) is 18.2 Å². The molecular formula is C16H21ClN2O2. The minimum Gasteiger partial charge on any atom is -0.496 e. The fourth-order valence-electron chi connectivity index (χ4n) is 3.75. The molecule has 5 heteroatoms. The zero-order valence-electron chi connectivity index (χ0n) is 12.6. The van der Waals surface area contributed by atoms with E-state index in [1.54, 1.807) is 25.3 Å². The van der Waals surface area contributed by atoms with E-state index in [2.05, 4.69) is 19.2 Å². The molecule has 3 rings (SSSR count). The second-order valence-electron chi connectivity index (χ2n) is 6.44. The third kappa shape index (κ3) is 2.30. The zero-order chi connectivity index (χ0) is 15.2. The third-order valence-corrected chi connectivity index (χ3v) is 5.23. The van der Waals surface area contributed by atoms with Gasteiger partial charge in [-0.2, -0.15) is 0 Å². The van der Waals surface area contributed by atoms with Gasteiger partial charge >= 0.3 is 0 Å². The first-order valence-corrected chi connectivity index (χ1v) is 7.69. The van der Waals surface area contributed by atoms with Gasteiger partial charge in [0.15, 0.2) is 0 Å². The summed E-state index contributed by atoms with van der Waals surface area (Å²) in [5.41, 5.74) is 0.443. The fraction of sp³-hybridized carbons (Fsp3) is 0.562. The standard InChI is InChI=1S/C16H21ClN2O2/c1-16(2)13-8-18-7-10(13)9-19(16)15(20)12-5-4-11(17)6-14(12)21-3/h4-6,10,13,18H,7-9H2,1-3H3. The van der Waals surface area contributed by atoms with Crippen molar-refractivity contribution in [3.63, 3.8) is 0 Å².